The SMILES string of the molecule is CC1CCC(NS(=O)(=O)CC(=O)NCCSCC(=O)O)CC1. The smallest absolute Gasteiger partial charge is 0.313 e. The maximum atomic E-state index is 11.9. The van der Waals surface area contributed by atoms with Gasteiger partial charge in [0.25, 0.3) is 0 Å². The quantitative estimate of drug-likeness (QED) is 0.518. The average molecular weight is 352 g/mol. The Balaban J connectivity index is 2.22. The molecule has 0 radical (unpaired) electrons. The fraction of sp³-hybridized carbons (Fsp3) is 0.846. The van der Waals surface area contributed by atoms with Crippen molar-refractivity contribution >= 4 is 33.7 Å². The molecule has 0 saturated heterocycles. The normalized spacial score (nSPS) is 22.2. The van der Waals surface area contributed by atoms with Crippen LogP contribution in [0, 0.1) is 5.92 Å². The summed E-state index contributed by atoms with van der Waals surface area (Å²) in [5.41, 5.74) is 0. The summed E-state index contributed by atoms with van der Waals surface area (Å²) in [4.78, 5) is 21.9. The van der Waals surface area contributed by atoms with Crippen LogP contribution >= 0.6 is 11.8 Å². The minimum atomic E-state index is -3.62. The lowest BCUT2D eigenvalue weighted by Gasteiger charge is -2.26. The van der Waals surface area contributed by atoms with E-state index in [4.69, 9.17) is 5.11 Å². The molecule has 0 bridgehead atoms. The second kappa shape index (κ2) is 9.36. The van der Waals surface area contributed by atoms with Crippen LogP contribution in [0.25, 0.3) is 0 Å². The van der Waals surface area contributed by atoms with Crippen LogP contribution in [-0.2, 0) is 19.6 Å². The molecule has 0 aromatic rings. The Kier molecular flexibility index (Phi) is 8.19. The van der Waals surface area contributed by atoms with E-state index >= 15 is 0 Å². The van der Waals surface area contributed by atoms with Crippen molar-refractivity contribution in [3.63, 3.8) is 0 Å². The minimum absolute atomic E-state index is 0.0319. The Hall–Kier alpha value is -0.800. The van der Waals surface area contributed by atoms with E-state index in [-0.39, 0.29) is 18.3 Å². The second-order valence-corrected chi connectivity index (χ2v) is 8.49. The van der Waals surface area contributed by atoms with Crippen LogP contribution in [0.2, 0.25) is 0 Å². The van der Waals surface area contributed by atoms with E-state index in [0.29, 0.717) is 11.7 Å². The molecule has 1 fully saturated rings. The summed E-state index contributed by atoms with van der Waals surface area (Å²) in [5.74, 6) is -1.02. The van der Waals surface area contributed by atoms with Gasteiger partial charge in [-0.1, -0.05) is 6.92 Å². The van der Waals surface area contributed by atoms with Crippen molar-refractivity contribution in [3.05, 3.63) is 0 Å². The maximum Gasteiger partial charge on any atom is 0.313 e. The average Bonchev–Trinajstić information content (AvgIpc) is 2.39. The van der Waals surface area contributed by atoms with Gasteiger partial charge < -0.3 is 10.4 Å². The molecule has 22 heavy (non-hydrogen) atoms. The predicted octanol–water partition coefficient (Wildman–Crippen LogP) is 0.419. The predicted molar refractivity (Wildman–Crippen MR) is 86.3 cm³/mol. The van der Waals surface area contributed by atoms with Gasteiger partial charge >= 0.3 is 5.97 Å². The summed E-state index contributed by atoms with van der Waals surface area (Å²) >= 11 is 1.17. The van der Waals surface area contributed by atoms with Gasteiger partial charge in [0.05, 0.1) is 5.75 Å². The van der Waals surface area contributed by atoms with Gasteiger partial charge in [0, 0.05) is 18.3 Å². The third kappa shape index (κ3) is 8.60. The number of thioether (sulfide) groups is 1. The first kappa shape index (κ1) is 19.2. The third-order valence-corrected chi connectivity index (χ3v) is 5.76. The van der Waals surface area contributed by atoms with Gasteiger partial charge in [-0.15, -0.1) is 11.8 Å². The largest absolute Gasteiger partial charge is 0.481 e. The zero-order valence-electron chi connectivity index (χ0n) is 12.7. The first-order valence-electron chi connectivity index (χ1n) is 7.35. The molecular formula is C13H24N2O5S2. The molecule has 1 saturated carbocycles. The lowest BCUT2D eigenvalue weighted by Crippen LogP contribution is -2.42. The van der Waals surface area contributed by atoms with Crippen molar-refractivity contribution in [2.24, 2.45) is 5.92 Å². The monoisotopic (exact) mass is 352 g/mol. The number of carbonyl (C=O) groups excluding carboxylic acids is 1. The fourth-order valence-corrected chi connectivity index (χ4v) is 4.16. The summed E-state index contributed by atoms with van der Waals surface area (Å²) in [6.07, 6.45) is 3.63. The van der Waals surface area contributed by atoms with Crippen LogP contribution in [0.15, 0.2) is 0 Å². The molecule has 7 nitrogen and oxygen atoms in total. The number of sulfonamides is 1. The molecule has 0 aromatic heterocycles. The third-order valence-electron chi connectivity index (χ3n) is 3.48. The number of carboxylic acid groups (broad SMARTS) is 1. The first-order valence-corrected chi connectivity index (χ1v) is 10.2. The Morgan fingerprint density at radius 1 is 1.23 bits per heavy atom. The minimum Gasteiger partial charge on any atom is -0.481 e. The zero-order valence-corrected chi connectivity index (χ0v) is 14.3. The van der Waals surface area contributed by atoms with Crippen molar-refractivity contribution in [2.45, 2.75) is 38.6 Å². The Bertz CT molecular complexity index is 473. The number of carbonyl (C=O) groups is 2. The van der Waals surface area contributed by atoms with Gasteiger partial charge in [-0.2, -0.15) is 0 Å². The molecule has 128 valence electrons. The molecule has 0 heterocycles. The molecule has 1 amide bonds. The number of aliphatic carboxylic acids is 1. The van der Waals surface area contributed by atoms with E-state index in [1.807, 2.05) is 0 Å². The number of hydrogen-bond acceptors (Lipinski definition) is 5. The van der Waals surface area contributed by atoms with Crippen molar-refractivity contribution < 1.29 is 23.1 Å². The molecule has 1 aliphatic carbocycles. The van der Waals surface area contributed by atoms with E-state index in [1.54, 1.807) is 0 Å². The van der Waals surface area contributed by atoms with Crippen LogP contribution in [0.1, 0.15) is 32.6 Å². The molecule has 3 N–H and O–H groups in total. The Morgan fingerprint density at radius 3 is 2.45 bits per heavy atom. The number of carboxylic acids is 1. The fourth-order valence-electron chi connectivity index (χ4n) is 2.32. The van der Waals surface area contributed by atoms with Crippen LogP contribution in [0.3, 0.4) is 0 Å². The highest BCUT2D eigenvalue weighted by Gasteiger charge is 2.24. The van der Waals surface area contributed by atoms with Crippen molar-refractivity contribution in [2.75, 3.05) is 23.8 Å². The van der Waals surface area contributed by atoms with Gasteiger partial charge in [0.2, 0.25) is 15.9 Å². The Labute approximate surface area is 135 Å². The molecule has 0 aromatic carbocycles. The summed E-state index contributed by atoms with van der Waals surface area (Å²) in [6.45, 7) is 2.41. The molecule has 0 aliphatic heterocycles. The van der Waals surface area contributed by atoms with Gasteiger partial charge in [0.15, 0.2) is 0 Å². The van der Waals surface area contributed by atoms with E-state index < -0.39 is 27.7 Å². The highest BCUT2D eigenvalue weighted by molar-refractivity contribution is 7.99. The summed E-state index contributed by atoms with van der Waals surface area (Å²) in [6, 6.07) is -0.0693. The van der Waals surface area contributed by atoms with E-state index in [2.05, 4.69) is 17.0 Å². The van der Waals surface area contributed by atoms with Gasteiger partial charge in [-0.3, -0.25) is 9.59 Å². The first-order chi connectivity index (χ1) is 10.3. The number of rotatable bonds is 9. The Morgan fingerprint density at radius 2 is 1.86 bits per heavy atom. The van der Waals surface area contributed by atoms with Crippen LogP contribution in [-0.4, -0.2) is 55.2 Å². The van der Waals surface area contributed by atoms with E-state index in [9.17, 15) is 18.0 Å². The highest BCUT2D eigenvalue weighted by Crippen LogP contribution is 2.23. The van der Waals surface area contributed by atoms with Gasteiger partial charge in [-0.25, -0.2) is 13.1 Å². The van der Waals surface area contributed by atoms with Crippen molar-refractivity contribution in [3.8, 4) is 0 Å². The van der Waals surface area contributed by atoms with E-state index in [0.717, 1.165) is 25.7 Å². The number of nitrogens with one attached hydrogen (secondary N) is 2. The topological polar surface area (TPSA) is 113 Å². The maximum absolute atomic E-state index is 11.9. The summed E-state index contributed by atoms with van der Waals surface area (Å²) in [5, 5.41) is 10.9. The number of hydrogen-bond donors (Lipinski definition) is 3. The highest BCUT2D eigenvalue weighted by atomic mass is 32.2. The molecule has 1 aliphatic rings. The van der Waals surface area contributed by atoms with Crippen molar-refractivity contribution in [1.29, 1.82) is 0 Å². The summed E-state index contributed by atoms with van der Waals surface area (Å²) < 4.78 is 26.4. The van der Waals surface area contributed by atoms with Crippen LogP contribution in [0.4, 0.5) is 0 Å². The molecule has 0 spiro atoms. The van der Waals surface area contributed by atoms with Crippen LogP contribution in [0.5, 0.6) is 0 Å². The molecule has 0 atom stereocenters. The van der Waals surface area contributed by atoms with Gasteiger partial charge in [0.1, 0.15) is 5.75 Å². The number of amides is 1. The summed E-state index contributed by atoms with van der Waals surface area (Å²) in [7, 11) is -3.62. The zero-order chi connectivity index (χ0) is 16.6. The molecule has 9 heteroatoms. The standard InChI is InChI=1S/C13H24N2O5S2/c1-10-2-4-11(5-3-10)15-22(19,20)9-12(16)14-6-7-21-8-13(17)18/h10-11,15H,2-9H2,1H3,(H,14,16)(H,17,18). The lowest BCUT2D eigenvalue weighted by molar-refractivity contribution is -0.133. The molecule has 1 rings (SSSR count). The van der Waals surface area contributed by atoms with Crippen LogP contribution < -0.4 is 10.0 Å². The lowest BCUT2D eigenvalue weighted by atomic mass is 9.88. The second-order valence-electron chi connectivity index (χ2n) is 5.63. The molecular weight excluding hydrogens is 328 g/mol. The molecule has 0 unspecified atom stereocenters. The van der Waals surface area contributed by atoms with Crippen molar-refractivity contribution in [1.82, 2.24) is 10.0 Å². The van der Waals surface area contributed by atoms with E-state index in [1.165, 1.54) is 11.8 Å². The van der Waals surface area contributed by atoms with Gasteiger partial charge in [-0.05, 0) is 31.6 Å².